The fourth-order valence-corrected chi connectivity index (χ4v) is 9.71. The largest absolute Gasteiger partial charge is 0.261 e. The molecular weight excluding hydrogens is 651 g/mol. The molecule has 0 atom stereocenters. The molecule has 54 heavy (non-hydrogen) atoms. The van der Waals surface area contributed by atoms with Gasteiger partial charge < -0.3 is 0 Å². The summed E-state index contributed by atoms with van der Waals surface area (Å²) in [4.78, 5) is 4.67. The average Bonchev–Trinajstić information content (AvgIpc) is 3.72. The first kappa shape index (κ1) is 30.8. The molecule has 2 aliphatic carbocycles. The Hall–Kier alpha value is -6.83. The molecule has 0 saturated heterocycles. The van der Waals surface area contributed by atoms with Crippen LogP contribution in [0.15, 0.2) is 194 Å². The quantitative estimate of drug-likeness (QED) is 0.126. The van der Waals surface area contributed by atoms with Gasteiger partial charge in [-0.3, -0.25) is 4.99 Å². The second-order valence-electron chi connectivity index (χ2n) is 14.6. The van der Waals surface area contributed by atoms with Crippen molar-refractivity contribution in [3.63, 3.8) is 0 Å². The van der Waals surface area contributed by atoms with Crippen molar-refractivity contribution in [2.45, 2.75) is 11.8 Å². The highest BCUT2D eigenvalue weighted by Gasteiger charge is 2.54. The van der Waals surface area contributed by atoms with Crippen molar-refractivity contribution in [1.29, 1.82) is 0 Å². The summed E-state index contributed by atoms with van der Waals surface area (Å²) in [5.74, 6) is 0. The molecule has 0 aliphatic heterocycles. The number of hydrogen-bond acceptors (Lipinski definition) is 1. The van der Waals surface area contributed by atoms with E-state index in [0.717, 1.165) is 17.7 Å². The normalized spacial score (nSPS) is 13.4. The van der Waals surface area contributed by atoms with Gasteiger partial charge in [0.2, 0.25) is 0 Å². The number of nitrogens with zero attached hydrogens (tertiary/aromatic N) is 1. The first-order valence-electron chi connectivity index (χ1n) is 18.8. The van der Waals surface area contributed by atoms with Gasteiger partial charge in [-0.05, 0) is 105 Å². The first-order valence-corrected chi connectivity index (χ1v) is 18.8. The van der Waals surface area contributed by atoms with Crippen LogP contribution in [0.5, 0.6) is 0 Å². The van der Waals surface area contributed by atoms with Gasteiger partial charge in [0, 0.05) is 12.6 Å². The molecule has 0 fully saturated rings. The lowest BCUT2D eigenvalue weighted by molar-refractivity contribution is 0.809. The highest BCUT2D eigenvalue weighted by Crippen LogP contribution is 2.67. The highest BCUT2D eigenvalue weighted by molar-refractivity contribution is 6.22. The Balaban J connectivity index is 1.17. The van der Waals surface area contributed by atoms with Crippen LogP contribution in [0.1, 0.15) is 33.4 Å². The van der Waals surface area contributed by atoms with E-state index in [1.54, 1.807) is 0 Å². The van der Waals surface area contributed by atoms with Crippen molar-refractivity contribution in [3.8, 4) is 33.4 Å². The number of rotatable bonds is 5. The van der Waals surface area contributed by atoms with E-state index in [0.29, 0.717) is 0 Å². The number of benzene rings is 9. The van der Waals surface area contributed by atoms with Gasteiger partial charge in [-0.2, -0.15) is 0 Å². The third kappa shape index (κ3) is 4.24. The summed E-state index contributed by atoms with van der Waals surface area (Å²) >= 11 is 0. The zero-order valence-electron chi connectivity index (χ0n) is 29.8. The van der Waals surface area contributed by atoms with Crippen molar-refractivity contribution in [1.82, 2.24) is 0 Å². The minimum absolute atomic E-state index is 0.480. The monoisotopic (exact) mass is 685 g/mol. The van der Waals surface area contributed by atoms with Crippen molar-refractivity contribution >= 4 is 44.2 Å². The smallest absolute Gasteiger partial charge is 0.0737 e. The molecule has 0 bridgehead atoms. The van der Waals surface area contributed by atoms with E-state index < -0.39 is 5.41 Å². The van der Waals surface area contributed by atoms with Gasteiger partial charge >= 0.3 is 0 Å². The number of aliphatic imine (C=N–C) groups is 1. The van der Waals surface area contributed by atoms with Gasteiger partial charge in [-0.15, -0.1) is 0 Å². The molecule has 9 aromatic rings. The van der Waals surface area contributed by atoms with E-state index >= 15 is 0 Å². The minimum Gasteiger partial charge on any atom is -0.261 e. The maximum absolute atomic E-state index is 4.67. The molecule has 2 aliphatic rings. The predicted molar refractivity (Wildman–Crippen MR) is 228 cm³/mol. The average molecular weight is 686 g/mol. The van der Waals surface area contributed by atoms with E-state index in [1.807, 2.05) is 36.5 Å². The van der Waals surface area contributed by atoms with Gasteiger partial charge in [0.15, 0.2) is 0 Å². The minimum atomic E-state index is -0.480. The van der Waals surface area contributed by atoms with E-state index in [9.17, 15) is 0 Å². The molecule has 0 aromatic heterocycles. The van der Waals surface area contributed by atoms with Crippen LogP contribution in [-0.4, -0.2) is 6.21 Å². The molecule has 1 nitrogen and oxygen atoms in total. The van der Waals surface area contributed by atoms with Gasteiger partial charge in [-0.25, -0.2) is 0 Å². The SMILES string of the molecule is C=C(N=CCc1ccc(-c2cc3c(c4ccccc24)C2(c4ccccc4-c4ccccc42)c2c-3c3ccccc3c3ccccc23)cc1)c1ccccc1. The summed E-state index contributed by atoms with van der Waals surface area (Å²) in [5.41, 5.74) is 15.9. The summed E-state index contributed by atoms with van der Waals surface area (Å²) in [6, 6.07) is 67.2. The van der Waals surface area contributed by atoms with Crippen LogP contribution < -0.4 is 0 Å². The third-order valence-electron chi connectivity index (χ3n) is 11.9. The molecule has 1 heteroatoms. The van der Waals surface area contributed by atoms with Crippen LogP contribution in [-0.2, 0) is 11.8 Å². The fourth-order valence-electron chi connectivity index (χ4n) is 9.71. The standard InChI is InChI=1S/C53H35N/c1-34(36-15-3-2-4-16-36)54-32-31-35-27-29-37(30-28-35)46-33-47-50-43-22-8-5-17-38(43)39-18-6-10-24-45(39)52(50)53(51(47)44-23-9-7-19-40(44)46)48-25-13-11-20-41(48)42-21-12-14-26-49(42)53/h2-30,32-33H,1,31H2. The molecule has 9 aromatic carbocycles. The zero-order valence-corrected chi connectivity index (χ0v) is 29.8. The maximum atomic E-state index is 4.67. The Morgan fingerprint density at radius 1 is 0.463 bits per heavy atom. The fraction of sp³-hybridized carbons (Fsp3) is 0.0377. The Morgan fingerprint density at radius 2 is 0.981 bits per heavy atom. The van der Waals surface area contributed by atoms with Crippen LogP contribution in [0, 0.1) is 0 Å². The molecule has 0 saturated carbocycles. The van der Waals surface area contributed by atoms with Crippen molar-refractivity contribution < 1.29 is 0 Å². The molecular formula is C53H35N. The van der Waals surface area contributed by atoms with Crippen molar-refractivity contribution in [3.05, 3.63) is 222 Å². The van der Waals surface area contributed by atoms with Crippen LogP contribution in [0.4, 0.5) is 0 Å². The third-order valence-corrected chi connectivity index (χ3v) is 11.9. The second-order valence-corrected chi connectivity index (χ2v) is 14.6. The molecule has 252 valence electrons. The maximum Gasteiger partial charge on any atom is 0.0737 e. The van der Waals surface area contributed by atoms with Crippen LogP contribution in [0.25, 0.3) is 71.4 Å². The van der Waals surface area contributed by atoms with Crippen LogP contribution >= 0.6 is 0 Å². The van der Waals surface area contributed by atoms with Gasteiger partial charge in [0.25, 0.3) is 0 Å². The lowest BCUT2D eigenvalue weighted by atomic mass is 9.68. The number of fused-ring (bicyclic) bond motifs is 17. The molecule has 1 spiro atoms. The molecule has 0 radical (unpaired) electrons. The lowest BCUT2D eigenvalue weighted by Gasteiger charge is -2.33. The predicted octanol–water partition coefficient (Wildman–Crippen LogP) is 13.4. The van der Waals surface area contributed by atoms with E-state index in [-0.39, 0.29) is 0 Å². The Bertz CT molecular complexity index is 2970. The Kier molecular flexibility index (Phi) is 6.75. The molecule has 11 rings (SSSR count). The summed E-state index contributed by atoms with van der Waals surface area (Å²) in [5, 5.41) is 7.80. The van der Waals surface area contributed by atoms with E-state index in [2.05, 4.69) is 163 Å². The highest BCUT2D eigenvalue weighted by atomic mass is 14.7. The topological polar surface area (TPSA) is 12.4 Å². The summed E-state index contributed by atoms with van der Waals surface area (Å²) in [7, 11) is 0. The Morgan fingerprint density at radius 3 is 1.65 bits per heavy atom. The van der Waals surface area contributed by atoms with Crippen molar-refractivity contribution in [2.24, 2.45) is 4.99 Å². The first-order chi connectivity index (χ1) is 26.7. The van der Waals surface area contributed by atoms with Crippen molar-refractivity contribution in [2.75, 3.05) is 0 Å². The van der Waals surface area contributed by atoms with E-state index in [4.69, 9.17) is 0 Å². The molecule has 0 N–H and O–H groups in total. The summed E-state index contributed by atoms with van der Waals surface area (Å²) in [6.45, 7) is 4.17. The second kappa shape index (κ2) is 11.8. The summed E-state index contributed by atoms with van der Waals surface area (Å²) in [6.07, 6.45) is 2.71. The van der Waals surface area contributed by atoms with Crippen LogP contribution in [0.3, 0.4) is 0 Å². The van der Waals surface area contributed by atoms with Crippen LogP contribution in [0.2, 0.25) is 0 Å². The van der Waals surface area contributed by atoms with Gasteiger partial charge in [0.05, 0.1) is 11.1 Å². The number of hydrogen-bond donors (Lipinski definition) is 0. The molecule has 0 unspecified atom stereocenters. The Labute approximate surface area is 315 Å². The molecule has 0 heterocycles. The lowest BCUT2D eigenvalue weighted by Crippen LogP contribution is -2.26. The summed E-state index contributed by atoms with van der Waals surface area (Å²) < 4.78 is 0. The van der Waals surface area contributed by atoms with E-state index in [1.165, 1.54) is 93.5 Å². The molecule has 0 amide bonds. The van der Waals surface area contributed by atoms with Gasteiger partial charge in [-0.1, -0.05) is 183 Å². The zero-order chi connectivity index (χ0) is 35.8. The van der Waals surface area contributed by atoms with Gasteiger partial charge in [0.1, 0.15) is 0 Å².